The Morgan fingerprint density at radius 3 is 2.65 bits per heavy atom. The van der Waals surface area contributed by atoms with Gasteiger partial charge < -0.3 is 20.5 Å². The number of aliphatic hydroxyl groups excluding tert-OH is 1. The summed E-state index contributed by atoms with van der Waals surface area (Å²) in [6.07, 6.45) is 3.37. The molecule has 0 radical (unpaired) electrons. The monoisotopic (exact) mass is 278 g/mol. The van der Waals surface area contributed by atoms with E-state index in [4.69, 9.17) is 4.74 Å². The highest BCUT2D eigenvalue weighted by atomic mass is 16.5. The number of hydrogen-bond acceptors (Lipinski definition) is 4. The fourth-order valence-electron chi connectivity index (χ4n) is 2.37. The highest BCUT2D eigenvalue weighted by Crippen LogP contribution is 2.24. The van der Waals surface area contributed by atoms with Gasteiger partial charge >= 0.3 is 0 Å². The van der Waals surface area contributed by atoms with Crippen LogP contribution >= 0.6 is 0 Å². The van der Waals surface area contributed by atoms with Gasteiger partial charge in [0.05, 0.1) is 12.6 Å². The Morgan fingerprint density at radius 1 is 1.30 bits per heavy atom. The molecule has 2 unspecified atom stereocenters. The first-order valence-corrected chi connectivity index (χ1v) is 7.08. The second-order valence-electron chi connectivity index (χ2n) is 5.11. The largest absolute Gasteiger partial charge is 0.488 e. The van der Waals surface area contributed by atoms with E-state index in [1.165, 1.54) is 0 Å². The number of aliphatic hydroxyl groups is 1. The van der Waals surface area contributed by atoms with E-state index in [2.05, 4.69) is 10.6 Å². The number of benzene rings is 1. The minimum atomic E-state index is -0.376. The Morgan fingerprint density at radius 2 is 2.00 bits per heavy atom. The topological polar surface area (TPSA) is 70.6 Å². The van der Waals surface area contributed by atoms with Crippen LogP contribution in [-0.4, -0.2) is 36.8 Å². The summed E-state index contributed by atoms with van der Waals surface area (Å²) in [6, 6.07) is 7.24. The van der Waals surface area contributed by atoms with Gasteiger partial charge in [0.2, 0.25) is 5.91 Å². The second-order valence-corrected chi connectivity index (χ2v) is 5.11. The summed E-state index contributed by atoms with van der Waals surface area (Å²) in [5.74, 6) is 0.645. The van der Waals surface area contributed by atoms with E-state index in [1.54, 1.807) is 19.2 Å². The third-order valence-electron chi connectivity index (χ3n) is 3.43. The van der Waals surface area contributed by atoms with Gasteiger partial charge in [0.1, 0.15) is 11.9 Å². The Balaban J connectivity index is 1.89. The molecule has 1 amide bonds. The summed E-state index contributed by atoms with van der Waals surface area (Å²) < 4.78 is 5.80. The summed E-state index contributed by atoms with van der Waals surface area (Å²) in [5, 5.41) is 15.4. The van der Waals surface area contributed by atoms with E-state index < -0.39 is 0 Å². The van der Waals surface area contributed by atoms with E-state index in [1.807, 2.05) is 12.1 Å². The van der Waals surface area contributed by atoms with Crippen LogP contribution in [0.2, 0.25) is 0 Å². The average Bonchev–Trinajstić information content (AvgIpc) is 2.44. The zero-order valence-electron chi connectivity index (χ0n) is 11.8. The average molecular weight is 278 g/mol. The van der Waals surface area contributed by atoms with Gasteiger partial charge in [-0.3, -0.25) is 4.79 Å². The molecular weight excluding hydrogens is 256 g/mol. The first-order chi connectivity index (χ1) is 9.69. The lowest BCUT2D eigenvalue weighted by Crippen LogP contribution is -2.34. The molecular formula is C15H22N2O3. The van der Waals surface area contributed by atoms with Crippen molar-refractivity contribution >= 4 is 11.6 Å². The normalized spacial score (nSPS) is 22.3. The van der Waals surface area contributed by atoms with Crippen LogP contribution in [-0.2, 0) is 4.79 Å². The van der Waals surface area contributed by atoms with Gasteiger partial charge in [-0.25, -0.2) is 0 Å². The van der Waals surface area contributed by atoms with Crippen LogP contribution in [0.4, 0.5) is 5.69 Å². The predicted octanol–water partition coefficient (Wildman–Crippen LogP) is 1.53. The van der Waals surface area contributed by atoms with Crippen molar-refractivity contribution in [2.75, 3.05) is 18.9 Å². The Labute approximate surface area is 119 Å². The molecule has 1 aromatic rings. The Kier molecular flexibility index (Phi) is 5.38. The molecule has 1 aliphatic carbocycles. The molecule has 20 heavy (non-hydrogen) atoms. The minimum absolute atomic E-state index is 0.0797. The number of amides is 1. The maximum absolute atomic E-state index is 11.4. The number of ether oxygens (including phenoxy) is 1. The van der Waals surface area contributed by atoms with Gasteiger partial charge in [0.25, 0.3) is 0 Å². The van der Waals surface area contributed by atoms with Gasteiger partial charge in [-0.2, -0.15) is 0 Å². The zero-order chi connectivity index (χ0) is 14.4. The molecule has 0 spiro atoms. The van der Waals surface area contributed by atoms with E-state index in [0.717, 1.165) is 37.1 Å². The molecule has 1 fully saturated rings. The fraction of sp³-hybridized carbons (Fsp3) is 0.533. The highest BCUT2D eigenvalue weighted by Gasteiger charge is 2.24. The predicted molar refractivity (Wildman–Crippen MR) is 77.9 cm³/mol. The van der Waals surface area contributed by atoms with E-state index in [9.17, 15) is 9.90 Å². The van der Waals surface area contributed by atoms with Crippen LogP contribution < -0.4 is 15.4 Å². The number of carbonyl (C=O) groups excluding carboxylic acids is 1. The van der Waals surface area contributed by atoms with Crippen molar-refractivity contribution in [3.63, 3.8) is 0 Å². The summed E-state index contributed by atoms with van der Waals surface area (Å²) >= 11 is 0. The van der Waals surface area contributed by atoms with Crippen molar-refractivity contribution in [1.82, 2.24) is 5.32 Å². The molecule has 0 heterocycles. The maximum atomic E-state index is 11.4. The fourth-order valence-corrected chi connectivity index (χ4v) is 2.37. The van der Waals surface area contributed by atoms with Gasteiger partial charge in [-0.05, 0) is 50.6 Å². The van der Waals surface area contributed by atoms with Crippen LogP contribution in [0.3, 0.4) is 0 Å². The van der Waals surface area contributed by atoms with Gasteiger partial charge in [0, 0.05) is 5.69 Å². The number of anilines is 1. The summed E-state index contributed by atoms with van der Waals surface area (Å²) in [6.45, 7) is 0.284. The van der Waals surface area contributed by atoms with Crippen LogP contribution in [0.1, 0.15) is 25.7 Å². The van der Waals surface area contributed by atoms with Crippen molar-refractivity contribution in [3.8, 4) is 5.75 Å². The van der Waals surface area contributed by atoms with E-state index in [0.29, 0.717) is 0 Å². The lowest BCUT2D eigenvalue weighted by atomic mass is 9.95. The quantitative estimate of drug-likeness (QED) is 0.764. The summed E-state index contributed by atoms with van der Waals surface area (Å²) in [7, 11) is 1.73. The third-order valence-corrected chi connectivity index (χ3v) is 3.43. The Hall–Kier alpha value is -1.59. The number of nitrogens with one attached hydrogen (secondary N) is 2. The van der Waals surface area contributed by atoms with Gasteiger partial charge in [-0.1, -0.05) is 6.42 Å². The van der Waals surface area contributed by atoms with Crippen molar-refractivity contribution < 1.29 is 14.6 Å². The van der Waals surface area contributed by atoms with Gasteiger partial charge in [-0.15, -0.1) is 0 Å². The minimum Gasteiger partial charge on any atom is -0.488 e. The summed E-state index contributed by atoms with van der Waals surface area (Å²) in [4.78, 5) is 11.4. The maximum Gasteiger partial charge on any atom is 0.238 e. The van der Waals surface area contributed by atoms with E-state index in [-0.39, 0.29) is 24.7 Å². The zero-order valence-corrected chi connectivity index (χ0v) is 11.8. The number of hydrogen-bond donors (Lipinski definition) is 3. The molecule has 5 heteroatoms. The van der Waals surface area contributed by atoms with E-state index >= 15 is 0 Å². The molecule has 0 aliphatic heterocycles. The number of rotatable bonds is 5. The van der Waals surface area contributed by atoms with Crippen molar-refractivity contribution in [3.05, 3.63) is 24.3 Å². The molecule has 1 aromatic carbocycles. The SMILES string of the molecule is CNCC(=O)Nc1ccc(OC2CCCCC2O)cc1. The first-order valence-electron chi connectivity index (χ1n) is 7.08. The van der Waals surface area contributed by atoms with Crippen molar-refractivity contribution in [1.29, 1.82) is 0 Å². The molecule has 2 atom stereocenters. The number of likely N-dealkylation sites (N-methyl/N-ethyl adjacent to an activating group) is 1. The van der Waals surface area contributed by atoms with Crippen LogP contribution in [0.5, 0.6) is 5.75 Å². The smallest absolute Gasteiger partial charge is 0.238 e. The molecule has 0 bridgehead atoms. The lowest BCUT2D eigenvalue weighted by molar-refractivity contribution is -0.115. The molecule has 0 aromatic heterocycles. The van der Waals surface area contributed by atoms with Crippen LogP contribution in [0.25, 0.3) is 0 Å². The molecule has 1 aliphatic rings. The third kappa shape index (κ3) is 4.21. The van der Waals surface area contributed by atoms with Crippen LogP contribution in [0, 0.1) is 0 Å². The van der Waals surface area contributed by atoms with Crippen LogP contribution in [0.15, 0.2) is 24.3 Å². The molecule has 1 saturated carbocycles. The van der Waals surface area contributed by atoms with Crippen molar-refractivity contribution in [2.45, 2.75) is 37.9 Å². The first kappa shape index (κ1) is 14.8. The molecule has 2 rings (SSSR count). The second kappa shape index (κ2) is 7.26. The highest BCUT2D eigenvalue weighted by molar-refractivity contribution is 5.92. The molecule has 5 nitrogen and oxygen atoms in total. The molecule has 0 saturated heterocycles. The van der Waals surface area contributed by atoms with Gasteiger partial charge in [0.15, 0.2) is 0 Å². The molecule has 3 N–H and O–H groups in total. The Bertz CT molecular complexity index is 433. The lowest BCUT2D eigenvalue weighted by Gasteiger charge is -2.28. The van der Waals surface area contributed by atoms with Crippen molar-refractivity contribution in [2.24, 2.45) is 0 Å². The molecule has 110 valence electrons. The number of carbonyl (C=O) groups is 1. The standard InChI is InChI=1S/C15H22N2O3/c1-16-10-15(19)17-11-6-8-12(9-7-11)20-14-5-3-2-4-13(14)18/h6-9,13-14,16,18H,2-5,10H2,1H3,(H,17,19). The summed E-state index contributed by atoms with van der Waals surface area (Å²) in [5.41, 5.74) is 0.738.